The molecule has 7 heteroatoms. The molecule has 0 aliphatic carbocycles. The molecule has 0 unspecified atom stereocenters. The van der Waals surface area contributed by atoms with Gasteiger partial charge in [0.2, 0.25) is 5.88 Å². The van der Waals surface area contributed by atoms with Gasteiger partial charge in [-0.2, -0.15) is 10.2 Å². The molecule has 1 aromatic carbocycles. The van der Waals surface area contributed by atoms with E-state index < -0.39 is 0 Å². The molecule has 0 radical (unpaired) electrons. The minimum atomic E-state index is -0.225. The summed E-state index contributed by atoms with van der Waals surface area (Å²) in [7, 11) is 0. The molecular weight excluding hydrogens is 270 g/mol. The highest BCUT2D eigenvalue weighted by Gasteiger charge is 2.21. The van der Waals surface area contributed by atoms with Crippen molar-refractivity contribution in [3.8, 4) is 5.88 Å². The Morgan fingerprint density at radius 3 is 3.29 bits per heavy atom. The quantitative estimate of drug-likeness (QED) is 0.751. The monoisotopic (exact) mass is 283 g/mol. The van der Waals surface area contributed by atoms with Gasteiger partial charge in [-0.05, 0) is 18.2 Å². The number of carbonyl (C=O) groups is 1. The number of amides is 1. The molecule has 21 heavy (non-hydrogen) atoms. The average molecular weight is 283 g/mol. The van der Waals surface area contributed by atoms with E-state index in [2.05, 4.69) is 20.6 Å². The van der Waals surface area contributed by atoms with Crippen molar-refractivity contribution < 1.29 is 9.53 Å². The van der Waals surface area contributed by atoms with Crippen molar-refractivity contribution in [2.24, 2.45) is 0 Å². The molecule has 2 aromatic heterocycles. The summed E-state index contributed by atoms with van der Waals surface area (Å²) in [6.45, 7) is 1.40. The fraction of sp³-hybridized carbons (Fsp3) is 0.214. The summed E-state index contributed by atoms with van der Waals surface area (Å²) in [6, 6.07) is 5.59. The van der Waals surface area contributed by atoms with Crippen molar-refractivity contribution in [1.82, 2.24) is 20.0 Å². The molecule has 3 aromatic rings. The van der Waals surface area contributed by atoms with Crippen molar-refractivity contribution in [3.63, 3.8) is 0 Å². The number of fused-ring (bicyclic) bond motifs is 2. The Hall–Kier alpha value is -2.83. The summed E-state index contributed by atoms with van der Waals surface area (Å²) in [5.41, 5.74) is 2.04. The van der Waals surface area contributed by atoms with E-state index in [-0.39, 0.29) is 5.91 Å². The number of hydrogen-bond donors (Lipinski definition) is 2. The van der Waals surface area contributed by atoms with Crippen LogP contribution in [0.15, 0.2) is 30.6 Å². The minimum absolute atomic E-state index is 0.225. The Bertz CT molecular complexity index is 820. The van der Waals surface area contributed by atoms with Gasteiger partial charge < -0.3 is 10.1 Å². The number of hydrogen-bond acceptors (Lipinski definition) is 4. The minimum Gasteiger partial charge on any atom is -0.477 e. The second kappa shape index (κ2) is 4.62. The predicted molar refractivity (Wildman–Crippen MR) is 76.4 cm³/mol. The molecule has 1 aliphatic heterocycles. The number of rotatable bonds is 2. The van der Waals surface area contributed by atoms with Crippen LogP contribution in [0.25, 0.3) is 10.9 Å². The van der Waals surface area contributed by atoms with Crippen molar-refractivity contribution in [3.05, 3.63) is 36.2 Å². The van der Waals surface area contributed by atoms with Crippen LogP contribution in [0.1, 0.15) is 16.8 Å². The number of benzene rings is 1. The van der Waals surface area contributed by atoms with E-state index in [1.165, 1.54) is 0 Å². The van der Waals surface area contributed by atoms with Crippen LogP contribution in [-0.4, -0.2) is 32.5 Å². The van der Waals surface area contributed by atoms with Gasteiger partial charge in [0.05, 0.1) is 24.5 Å². The summed E-state index contributed by atoms with van der Waals surface area (Å²) in [4.78, 5) is 12.4. The zero-order chi connectivity index (χ0) is 14.2. The summed E-state index contributed by atoms with van der Waals surface area (Å²) in [5.74, 6) is 0.318. The van der Waals surface area contributed by atoms with Crippen LogP contribution in [0.2, 0.25) is 0 Å². The summed E-state index contributed by atoms with van der Waals surface area (Å²) in [5, 5.41) is 14.9. The van der Waals surface area contributed by atoms with Gasteiger partial charge in [0.25, 0.3) is 5.91 Å². The van der Waals surface area contributed by atoms with E-state index in [0.29, 0.717) is 23.7 Å². The first kappa shape index (κ1) is 12.0. The lowest BCUT2D eigenvalue weighted by molar-refractivity contribution is 0.102. The predicted octanol–water partition coefficient (Wildman–Crippen LogP) is 1.79. The van der Waals surface area contributed by atoms with Crippen LogP contribution in [0.5, 0.6) is 5.88 Å². The third-order valence-electron chi connectivity index (χ3n) is 3.49. The van der Waals surface area contributed by atoms with Crippen LogP contribution in [-0.2, 0) is 6.54 Å². The molecule has 0 atom stereocenters. The van der Waals surface area contributed by atoms with E-state index in [1.807, 2.05) is 18.2 Å². The maximum atomic E-state index is 12.4. The van der Waals surface area contributed by atoms with Gasteiger partial charge in [0.1, 0.15) is 5.56 Å². The normalized spacial score (nSPS) is 13.7. The smallest absolute Gasteiger partial charge is 0.262 e. The van der Waals surface area contributed by atoms with Gasteiger partial charge in [-0.15, -0.1) is 0 Å². The van der Waals surface area contributed by atoms with Gasteiger partial charge in [0, 0.05) is 24.0 Å². The lowest BCUT2D eigenvalue weighted by Crippen LogP contribution is -2.18. The first-order valence-corrected chi connectivity index (χ1v) is 6.74. The highest BCUT2D eigenvalue weighted by atomic mass is 16.5. The van der Waals surface area contributed by atoms with Crippen LogP contribution in [0, 0.1) is 0 Å². The lowest BCUT2D eigenvalue weighted by atomic mass is 10.2. The maximum absolute atomic E-state index is 12.4. The fourth-order valence-corrected chi connectivity index (χ4v) is 2.44. The zero-order valence-corrected chi connectivity index (χ0v) is 11.2. The Labute approximate surface area is 119 Å². The number of H-pyrrole nitrogens is 1. The number of carbonyl (C=O) groups excluding carboxylic acids is 1. The molecule has 7 nitrogen and oxygen atoms in total. The Balaban J connectivity index is 1.61. The number of aromatic amines is 1. The maximum Gasteiger partial charge on any atom is 0.262 e. The first-order valence-electron chi connectivity index (χ1n) is 6.74. The molecule has 0 saturated heterocycles. The molecule has 0 spiro atoms. The largest absolute Gasteiger partial charge is 0.477 e. The first-order chi connectivity index (χ1) is 10.3. The van der Waals surface area contributed by atoms with E-state index in [0.717, 1.165) is 23.9 Å². The third kappa shape index (κ3) is 2.03. The van der Waals surface area contributed by atoms with Crippen molar-refractivity contribution >= 4 is 22.5 Å². The van der Waals surface area contributed by atoms with Gasteiger partial charge >= 0.3 is 0 Å². The molecule has 2 N–H and O–H groups in total. The second-order valence-electron chi connectivity index (χ2n) is 4.91. The van der Waals surface area contributed by atoms with E-state index in [9.17, 15) is 4.79 Å². The summed E-state index contributed by atoms with van der Waals surface area (Å²) >= 11 is 0. The van der Waals surface area contributed by atoms with Crippen molar-refractivity contribution in [2.45, 2.75) is 13.0 Å². The Kier molecular flexibility index (Phi) is 2.63. The topological polar surface area (TPSA) is 84.8 Å². The molecule has 0 bridgehead atoms. The standard InChI is InChI=1S/C14H13N5O2/c20-13(11-8-16-19-4-1-5-21-14(11)19)17-10-3-2-9-7-15-18-12(9)6-10/h2-3,6-8H,1,4-5H2,(H,15,18)(H,17,20). The SMILES string of the molecule is O=C(Nc1ccc2cn[nH]c2c1)c1cnn2c1OCCC2. The number of nitrogens with zero attached hydrogens (tertiary/aromatic N) is 3. The molecule has 3 heterocycles. The lowest BCUT2D eigenvalue weighted by Gasteiger charge is -2.15. The van der Waals surface area contributed by atoms with Gasteiger partial charge in [-0.1, -0.05) is 0 Å². The summed E-state index contributed by atoms with van der Waals surface area (Å²) in [6.07, 6.45) is 4.19. The number of aryl methyl sites for hydroxylation is 1. The van der Waals surface area contributed by atoms with E-state index in [1.54, 1.807) is 17.1 Å². The van der Waals surface area contributed by atoms with E-state index in [4.69, 9.17) is 4.74 Å². The molecule has 0 fully saturated rings. The van der Waals surface area contributed by atoms with Gasteiger partial charge in [0.15, 0.2) is 0 Å². The highest BCUT2D eigenvalue weighted by Crippen LogP contribution is 2.24. The van der Waals surface area contributed by atoms with Crippen LogP contribution in [0.3, 0.4) is 0 Å². The Morgan fingerprint density at radius 1 is 1.38 bits per heavy atom. The third-order valence-corrected chi connectivity index (χ3v) is 3.49. The van der Waals surface area contributed by atoms with Gasteiger partial charge in [-0.25, -0.2) is 4.68 Å². The fourth-order valence-electron chi connectivity index (χ4n) is 2.44. The molecule has 106 valence electrons. The molecule has 1 aliphatic rings. The van der Waals surface area contributed by atoms with Crippen molar-refractivity contribution in [1.29, 1.82) is 0 Å². The molecule has 4 rings (SSSR count). The molecule has 0 saturated carbocycles. The summed E-state index contributed by atoms with van der Waals surface area (Å²) < 4.78 is 7.25. The van der Waals surface area contributed by atoms with Gasteiger partial charge in [-0.3, -0.25) is 9.89 Å². The van der Waals surface area contributed by atoms with Crippen LogP contribution >= 0.6 is 0 Å². The van der Waals surface area contributed by atoms with Crippen LogP contribution < -0.4 is 10.1 Å². The van der Waals surface area contributed by atoms with Crippen molar-refractivity contribution in [2.75, 3.05) is 11.9 Å². The average Bonchev–Trinajstić information content (AvgIpc) is 3.13. The highest BCUT2D eigenvalue weighted by molar-refractivity contribution is 6.06. The zero-order valence-electron chi connectivity index (χ0n) is 11.2. The molecule has 1 amide bonds. The number of ether oxygens (including phenoxy) is 1. The number of anilines is 1. The Morgan fingerprint density at radius 2 is 2.33 bits per heavy atom. The van der Waals surface area contributed by atoms with Crippen LogP contribution in [0.4, 0.5) is 5.69 Å². The second-order valence-corrected chi connectivity index (χ2v) is 4.91. The number of aromatic nitrogens is 4. The molecular formula is C14H13N5O2. The van der Waals surface area contributed by atoms with E-state index >= 15 is 0 Å². The number of nitrogens with one attached hydrogen (secondary N) is 2.